The van der Waals surface area contributed by atoms with Crippen molar-refractivity contribution in [3.05, 3.63) is 90.8 Å². The molecular weight excluding hydrogens is 695 g/mol. The Morgan fingerprint density at radius 1 is 0.690 bits per heavy atom. The molecule has 5 aromatic carbocycles. The molecule has 0 spiro atoms. The third-order valence-electron chi connectivity index (χ3n) is 9.48. The third kappa shape index (κ3) is 5.21. The van der Waals surface area contributed by atoms with Crippen molar-refractivity contribution in [2.75, 3.05) is 0 Å². The first-order chi connectivity index (χ1) is 20.2. The second-order valence-electron chi connectivity index (χ2n) is 12.0. The number of hydrogen-bond donors (Lipinski definition) is 1. The van der Waals surface area contributed by atoms with Gasteiger partial charge in [0.1, 0.15) is 0 Å². The van der Waals surface area contributed by atoms with Gasteiger partial charge in [0.25, 0.3) is 0 Å². The Bertz CT molecular complexity index is 1690. The topological polar surface area (TPSA) is 50.2 Å². The number of benzene rings is 5. The van der Waals surface area contributed by atoms with Crippen molar-refractivity contribution >= 4 is 59.8 Å². The number of aromatic nitrogens is 1. The van der Waals surface area contributed by atoms with Gasteiger partial charge in [-0.3, -0.25) is 4.79 Å². The minimum absolute atomic E-state index is 0. The minimum atomic E-state index is 0. The van der Waals surface area contributed by atoms with E-state index in [0.29, 0.717) is 5.76 Å². The molecule has 1 N–H and O–H groups in total. The van der Waals surface area contributed by atoms with Crippen LogP contribution in [0.5, 0.6) is 0 Å². The Morgan fingerprint density at radius 3 is 1.95 bits per heavy atom. The molecule has 0 amide bonds. The molecule has 2 aliphatic rings. The predicted octanol–water partition coefficient (Wildman–Crippen LogP) is 10.2. The van der Waals surface area contributed by atoms with Crippen LogP contribution in [0.4, 0.5) is 0 Å². The van der Waals surface area contributed by atoms with Crippen LogP contribution in [0.15, 0.2) is 84.8 Å². The summed E-state index contributed by atoms with van der Waals surface area (Å²) in [4.78, 5) is 16.8. The molecule has 4 heteroatoms. The van der Waals surface area contributed by atoms with Gasteiger partial charge in [0, 0.05) is 44.2 Å². The molecule has 2 fully saturated rings. The number of hydrogen-bond acceptors (Lipinski definition) is 3. The molecule has 1 radical (unpaired) electrons. The van der Waals surface area contributed by atoms with Crippen LogP contribution in [0.25, 0.3) is 54.0 Å². The van der Waals surface area contributed by atoms with Crippen LogP contribution in [-0.4, -0.2) is 15.9 Å². The van der Waals surface area contributed by atoms with Gasteiger partial charge < -0.3 is 10.1 Å². The van der Waals surface area contributed by atoms with Gasteiger partial charge in [-0.25, -0.2) is 0 Å². The third-order valence-corrected chi connectivity index (χ3v) is 9.48. The van der Waals surface area contributed by atoms with Crippen molar-refractivity contribution in [1.29, 1.82) is 0 Å². The number of fused-ring (bicyclic) bond motifs is 6. The molecule has 215 valence electrons. The van der Waals surface area contributed by atoms with E-state index in [9.17, 15) is 9.90 Å². The fourth-order valence-corrected chi connectivity index (χ4v) is 7.38. The molecule has 0 unspecified atom stereocenters. The Labute approximate surface area is 260 Å². The summed E-state index contributed by atoms with van der Waals surface area (Å²) < 4.78 is 0. The number of pyridine rings is 1. The van der Waals surface area contributed by atoms with E-state index < -0.39 is 0 Å². The van der Waals surface area contributed by atoms with Gasteiger partial charge >= 0.3 is 0 Å². The largest absolute Gasteiger partial charge is 0.512 e. The van der Waals surface area contributed by atoms with Crippen molar-refractivity contribution in [3.63, 3.8) is 0 Å². The number of nitrogens with zero attached hydrogens (tertiary/aromatic N) is 1. The molecule has 3 nitrogen and oxygen atoms in total. The first kappa shape index (κ1) is 28.8. The maximum Gasteiger partial charge on any atom is 0.162 e. The first-order valence-corrected chi connectivity index (χ1v) is 15.4. The molecule has 0 saturated heterocycles. The summed E-state index contributed by atoms with van der Waals surface area (Å²) in [6.45, 7) is 0. The van der Waals surface area contributed by atoms with Crippen molar-refractivity contribution in [1.82, 2.24) is 4.98 Å². The molecule has 1 aromatic heterocycles. The number of aliphatic hydroxyl groups is 1. The van der Waals surface area contributed by atoms with E-state index >= 15 is 0 Å². The summed E-state index contributed by atoms with van der Waals surface area (Å²) in [6.07, 6.45) is 14.9. The molecule has 2 saturated carbocycles. The van der Waals surface area contributed by atoms with Crippen molar-refractivity contribution in [2.24, 2.45) is 11.8 Å². The second kappa shape index (κ2) is 12.5. The normalized spacial score (nSPS) is 17.0. The van der Waals surface area contributed by atoms with E-state index in [1.54, 1.807) is 6.08 Å². The first-order valence-electron chi connectivity index (χ1n) is 15.4. The average molecular weight is 731 g/mol. The number of aliphatic hydroxyl groups excluding tert-OH is 1. The van der Waals surface area contributed by atoms with Crippen LogP contribution in [0.2, 0.25) is 0 Å². The minimum Gasteiger partial charge on any atom is -0.512 e. The van der Waals surface area contributed by atoms with Crippen molar-refractivity contribution < 1.29 is 30.0 Å². The molecule has 0 atom stereocenters. The molecule has 8 rings (SSSR count). The van der Waals surface area contributed by atoms with E-state index in [2.05, 4.69) is 66.7 Å². The van der Waals surface area contributed by atoms with E-state index in [1.807, 2.05) is 12.3 Å². The van der Waals surface area contributed by atoms with Crippen LogP contribution < -0.4 is 0 Å². The summed E-state index contributed by atoms with van der Waals surface area (Å²) >= 11 is 0. The van der Waals surface area contributed by atoms with Gasteiger partial charge in [0.2, 0.25) is 0 Å². The maximum atomic E-state index is 12.0. The van der Waals surface area contributed by atoms with Gasteiger partial charge in [-0.1, -0.05) is 91.8 Å². The average Bonchev–Trinajstić information content (AvgIpc) is 3.05. The fraction of sp³-hybridized carbons (Fsp3) is 0.316. The monoisotopic (exact) mass is 731 g/mol. The Balaban J connectivity index is 0.000000157. The van der Waals surface area contributed by atoms with Crippen LogP contribution in [0, 0.1) is 17.9 Å². The van der Waals surface area contributed by atoms with E-state index in [1.165, 1.54) is 81.6 Å². The Morgan fingerprint density at radius 2 is 1.26 bits per heavy atom. The van der Waals surface area contributed by atoms with Crippen LogP contribution >= 0.6 is 0 Å². The molecule has 0 aliphatic heterocycles. The van der Waals surface area contributed by atoms with E-state index in [4.69, 9.17) is 4.98 Å². The molecule has 42 heavy (non-hydrogen) atoms. The second-order valence-corrected chi connectivity index (χ2v) is 12.0. The standard InChI is InChI=1S/C23H12N.C15H24O2.Ir/c1-2-7-15-14(6-1)17-10-5-11-18-16-8-3-4-9-20(16)23-22(21(17)18)19(15)12-13-24-23;16-14(12-7-3-1-4-8-12)11-15(17)13-9-5-2-6-10-13;/h1-8,10-13H;11-13,16H,1-10H2;/q-1;;/b;14-11-;. The predicted molar refractivity (Wildman–Crippen MR) is 171 cm³/mol. The van der Waals surface area contributed by atoms with Gasteiger partial charge in [0.15, 0.2) is 5.78 Å². The van der Waals surface area contributed by atoms with E-state index in [0.717, 1.165) is 36.6 Å². The van der Waals surface area contributed by atoms with E-state index in [-0.39, 0.29) is 37.7 Å². The summed E-state index contributed by atoms with van der Waals surface area (Å²) in [7, 11) is 0. The Hall–Kier alpha value is -3.33. The zero-order chi connectivity index (χ0) is 27.8. The van der Waals surface area contributed by atoms with Gasteiger partial charge in [-0.15, -0.1) is 29.7 Å². The fourth-order valence-electron chi connectivity index (χ4n) is 7.38. The number of carbonyl (C=O) groups excluding carboxylic acids is 1. The zero-order valence-electron chi connectivity index (χ0n) is 23.9. The molecular formula is C38H36IrNO2-. The summed E-state index contributed by atoms with van der Waals surface area (Å²) in [5, 5.41) is 21.4. The smallest absolute Gasteiger partial charge is 0.162 e. The molecule has 1 heterocycles. The summed E-state index contributed by atoms with van der Waals surface area (Å²) in [6, 6.07) is 27.1. The quantitative estimate of drug-likeness (QED) is 0.0649. The summed E-state index contributed by atoms with van der Waals surface area (Å²) in [5.74, 6) is 0.985. The van der Waals surface area contributed by atoms with Crippen LogP contribution in [-0.2, 0) is 24.9 Å². The zero-order valence-corrected chi connectivity index (χ0v) is 26.3. The number of allylic oxidation sites excluding steroid dienone is 2. The van der Waals surface area contributed by atoms with Gasteiger partial charge in [-0.05, 0) is 69.6 Å². The number of ketones is 1. The summed E-state index contributed by atoms with van der Waals surface area (Å²) in [5.41, 5.74) is 1.05. The molecule has 6 aromatic rings. The van der Waals surface area contributed by atoms with Gasteiger partial charge in [0.05, 0.1) is 5.76 Å². The SMILES string of the molecule is O=C(/C=C(\O)C1CCCCC1)C1CCCCC1.[Ir].[c-]1cccc2c1c1nccc3c4ccccc4c4cccc2c4c31. The molecule has 0 bridgehead atoms. The number of rotatable bonds is 3. The van der Waals surface area contributed by atoms with Gasteiger partial charge in [-0.2, -0.15) is 0 Å². The Kier molecular flexibility index (Phi) is 8.56. The maximum absolute atomic E-state index is 12.0. The van der Waals surface area contributed by atoms with Crippen molar-refractivity contribution in [2.45, 2.75) is 64.2 Å². The van der Waals surface area contributed by atoms with Crippen LogP contribution in [0.1, 0.15) is 64.2 Å². The van der Waals surface area contributed by atoms with Crippen molar-refractivity contribution in [3.8, 4) is 0 Å². The molecule has 2 aliphatic carbocycles. The van der Waals surface area contributed by atoms with Crippen LogP contribution in [0.3, 0.4) is 0 Å². The number of carbonyl (C=O) groups is 1.